The smallest absolute Gasteiger partial charge is 0.128 e. The van der Waals surface area contributed by atoms with E-state index in [1.807, 2.05) is 0 Å². The van der Waals surface area contributed by atoms with Crippen LogP contribution in [0.1, 0.15) is 25.0 Å². The number of aromatic hydroxyl groups is 2. The number of hydrogen-bond acceptors (Lipinski definition) is 6. The molecular formula is C14H20N2O4. The molecule has 1 rings (SSSR count). The Bertz CT molecular complexity index is 481. The highest BCUT2D eigenvalue weighted by Gasteiger charge is 2.12. The number of rotatable bonds is 6. The Morgan fingerprint density at radius 3 is 1.60 bits per heavy atom. The summed E-state index contributed by atoms with van der Waals surface area (Å²) in [6.07, 6.45) is 0. The second-order valence-electron chi connectivity index (χ2n) is 4.27. The molecule has 6 heteroatoms. The van der Waals surface area contributed by atoms with Crippen LogP contribution in [0.15, 0.2) is 22.1 Å². The van der Waals surface area contributed by atoms with Crippen LogP contribution >= 0.6 is 0 Å². The van der Waals surface area contributed by atoms with E-state index in [4.69, 9.17) is 10.2 Å². The van der Waals surface area contributed by atoms with Crippen molar-refractivity contribution >= 4 is 11.4 Å². The monoisotopic (exact) mass is 280 g/mol. The minimum Gasteiger partial charge on any atom is -0.507 e. The number of aliphatic hydroxyl groups excluding tert-OH is 2. The normalized spacial score (nSPS) is 12.8. The summed E-state index contributed by atoms with van der Waals surface area (Å²) in [4.78, 5) is 8.22. The summed E-state index contributed by atoms with van der Waals surface area (Å²) >= 11 is 0. The van der Waals surface area contributed by atoms with Crippen molar-refractivity contribution in [3.63, 3.8) is 0 Å². The van der Waals surface area contributed by atoms with Gasteiger partial charge in [0.05, 0.1) is 26.3 Å². The van der Waals surface area contributed by atoms with Crippen LogP contribution in [0.3, 0.4) is 0 Å². The minimum atomic E-state index is -0.0830. The van der Waals surface area contributed by atoms with Crippen molar-refractivity contribution in [2.75, 3.05) is 26.3 Å². The lowest BCUT2D eigenvalue weighted by molar-refractivity contribution is 0.306. The molecule has 1 aromatic rings. The van der Waals surface area contributed by atoms with Gasteiger partial charge in [0.2, 0.25) is 0 Å². The Kier molecular flexibility index (Phi) is 6.14. The molecule has 0 aliphatic rings. The number of aliphatic imine (C=N–C) groups is 2. The fourth-order valence-corrected chi connectivity index (χ4v) is 1.76. The molecule has 0 amide bonds. The highest BCUT2D eigenvalue weighted by atomic mass is 16.3. The van der Waals surface area contributed by atoms with Crippen molar-refractivity contribution in [2.24, 2.45) is 9.98 Å². The van der Waals surface area contributed by atoms with Gasteiger partial charge in [-0.2, -0.15) is 0 Å². The van der Waals surface area contributed by atoms with E-state index in [0.717, 1.165) is 0 Å². The Balaban J connectivity index is 3.22. The Morgan fingerprint density at radius 1 is 0.850 bits per heavy atom. The van der Waals surface area contributed by atoms with Crippen molar-refractivity contribution in [2.45, 2.75) is 13.8 Å². The summed E-state index contributed by atoms with van der Waals surface area (Å²) < 4.78 is 0. The van der Waals surface area contributed by atoms with Gasteiger partial charge in [0, 0.05) is 28.6 Å². The van der Waals surface area contributed by atoms with E-state index in [2.05, 4.69) is 9.98 Å². The van der Waals surface area contributed by atoms with Gasteiger partial charge in [-0.25, -0.2) is 0 Å². The lowest BCUT2D eigenvalue weighted by Gasteiger charge is -2.10. The fourth-order valence-electron chi connectivity index (χ4n) is 1.76. The maximum absolute atomic E-state index is 9.86. The maximum atomic E-state index is 9.86. The van der Waals surface area contributed by atoms with Gasteiger partial charge in [0.1, 0.15) is 11.5 Å². The zero-order chi connectivity index (χ0) is 15.1. The van der Waals surface area contributed by atoms with Crippen LogP contribution in [-0.4, -0.2) is 58.2 Å². The Labute approximate surface area is 117 Å². The van der Waals surface area contributed by atoms with Crippen LogP contribution in [0, 0.1) is 0 Å². The third-order valence-corrected chi connectivity index (χ3v) is 2.79. The minimum absolute atomic E-state index is 0.0694. The van der Waals surface area contributed by atoms with Gasteiger partial charge in [-0.1, -0.05) is 0 Å². The number of benzene rings is 1. The van der Waals surface area contributed by atoms with E-state index in [-0.39, 0.29) is 37.8 Å². The molecule has 0 fully saturated rings. The first-order valence-electron chi connectivity index (χ1n) is 6.31. The van der Waals surface area contributed by atoms with Crippen LogP contribution in [-0.2, 0) is 0 Å². The van der Waals surface area contributed by atoms with Gasteiger partial charge < -0.3 is 20.4 Å². The average molecular weight is 280 g/mol. The topological polar surface area (TPSA) is 106 Å². The second-order valence-corrected chi connectivity index (χ2v) is 4.27. The van der Waals surface area contributed by atoms with E-state index in [9.17, 15) is 10.2 Å². The first-order chi connectivity index (χ1) is 9.51. The number of aliphatic hydroxyl groups is 2. The predicted molar refractivity (Wildman–Crippen MR) is 78.1 cm³/mol. The molecule has 0 atom stereocenters. The first-order valence-corrected chi connectivity index (χ1v) is 6.31. The van der Waals surface area contributed by atoms with Gasteiger partial charge in [0.25, 0.3) is 0 Å². The molecule has 4 N–H and O–H groups in total. The molecule has 0 heterocycles. The summed E-state index contributed by atoms with van der Waals surface area (Å²) in [6, 6.07) is 2.83. The number of nitrogens with zero attached hydrogens (tertiary/aromatic N) is 2. The quantitative estimate of drug-likeness (QED) is 0.575. The number of phenols is 2. The largest absolute Gasteiger partial charge is 0.507 e. The van der Waals surface area contributed by atoms with Crippen LogP contribution in [0.2, 0.25) is 0 Å². The highest BCUT2D eigenvalue weighted by Crippen LogP contribution is 2.28. The van der Waals surface area contributed by atoms with Crippen LogP contribution < -0.4 is 0 Å². The molecule has 0 bridgehead atoms. The van der Waals surface area contributed by atoms with Crippen molar-refractivity contribution in [3.05, 3.63) is 23.3 Å². The lowest BCUT2D eigenvalue weighted by Crippen LogP contribution is -2.04. The van der Waals surface area contributed by atoms with Crippen molar-refractivity contribution in [3.8, 4) is 11.5 Å². The molecule has 110 valence electrons. The zero-order valence-electron chi connectivity index (χ0n) is 11.7. The molecule has 0 aromatic heterocycles. The summed E-state index contributed by atoms with van der Waals surface area (Å²) in [7, 11) is 0. The van der Waals surface area contributed by atoms with E-state index >= 15 is 0 Å². The third-order valence-electron chi connectivity index (χ3n) is 2.79. The molecule has 0 spiro atoms. The molecule has 0 saturated carbocycles. The highest BCUT2D eigenvalue weighted by molar-refractivity contribution is 6.06. The zero-order valence-corrected chi connectivity index (χ0v) is 11.7. The summed E-state index contributed by atoms with van der Waals surface area (Å²) in [5.41, 5.74) is 2.08. The van der Waals surface area contributed by atoms with E-state index < -0.39 is 0 Å². The Hall–Kier alpha value is -1.92. The summed E-state index contributed by atoms with van der Waals surface area (Å²) in [5, 5.41) is 37.2. The van der Waals surface area contributed by atoms with Gasteiger partial charge in [-0.3, -0.25) is 9.98 Å². The standard InChI is InChI=1S/C14H20N2O4/c1-9(15-3-5-17)11-7-12(10(2)16-4-6-18)14(20)8-13(11)19/h7-8,17-20H,3-6H2,1-2H3. The number of hydrogen-bond donors (Lipinski definition) is 4. The molecule has 0 aliphatic carbocycles. The van der Waals surface area contributed by atoms with E-state index in [1.54, 1.807) is 19.9 Å². The van der Waals surface area contributed by atoms with Gasteiger partial charge in [-0.15, -0.1) is 0 Å². The van der Waals surface area contributed by atoms with Crippen LogP contribution in [0.25, 0.3) is 0 Å². The van der Waals surface area contributed by atoms with Gasteiger partial charge >= 0.3 is 0 Å². The third kappa shape index (κ3) is 4.04. The predicted octanol–water partition coefficient (Wildman–Crippen LogP) is 0.700. The van der Waals surface area contributed by atoms with Crippen molar-refractivity contribution < 1.29 is 20.4 Å². The average Bonchev–Trinajstić information content (AvgIpc) is 2.42. The fraction of sp³-hybridized carbons (Fsp3) is 0.429. The van der Waals surface area contributed by atoms with E-state index in [1.165, 1.54) is 6.07 Å². The molecule has 1 aromatic carbocycles. The molecule has 6 nitrogen and oxygen atoms in total. The van der Waals surface area contributed by atoms with Crippen LogP contribution in [0.5, 0.6) is 11.5 Å². The summed E-state index contributed by atoms with van der Waals surface area (Å²) in [5.74, 6) is -0.166. The van der Waals surface area contributed by atoms with Gasteiger partial charge in [-0.05, 0) is 19.9 Å². The molecule has 0 aliphatic heterocycles. The van der Waals surface area contributed by atoms with Crippen molar-refractivity contribution in [1.82, 2.24) is 0 Å². The lowest BCUT2D eigenvalue weighted by atomic mass is 10.0. The number of phenolic OH excluding ortho intramolecular Hbond substituents is 2. The van der Waals surface area contributed by atoms with Crippen molar-refractivity contribution in [1.29, 1.82) is 0 Å². The molecular weight excluding hydrogens is 260 g/mol. The summed E-state index contributed by atoms with van der Waals surface area (Å²) in [6.45, 7) is 3.79. The maximum Gasteiger partial charge on any atom is 0.128 e. The molecule has 0 unspecified atom stereocenters. The Morgan fingerprint density at radius 2 is 1.25 bits per heavy atom. The molecule has 0 radical (unpaired) electrons. The molecule has 20 heavy (non-hydrogen) atoms. The van der Waals surface area contributed by atoms with Crippen LogP contribution in [0.4, 0.5) is 0 Å². The SMILES string of the molecule is CC(=NCCO)c1cc(C(C)=NCCO)c(O)cc1O. The van der Waals surface area contributed by atoms with E-state index in [0.29, 0.717) is 22.6 Å². The van der Waals surface area contributed by atoms with Gasteiger partial charge in [0.15, 0.2) is 0 Å². The molecule has 0 saturated heterocycles. The first kappa shape index (κ1) is 16.1. The second kappa shape index (κ2) is 7.62.